The molecule has 4 aromatic rings. The zero-order valence-corrected chi connectivity index (χ0v) is 18.5. The Morgan fingerprint density at radius 2 is 1.94 bits per heavy atom. The van der Waals surface area contributed by atoms with Crippen molar-refractivity contribution in [2.45, 2.75) is 13.1 Å². The fourth-order valence-corrected chi connectivity index (χ4v) is 4.21. The monoisotopic (exact) mass is 491 g/mol. The van der Waals surface area contributed by atoms with Crippen LogP contribution in [0, 0.1) is 6.92 Å². The summed E-state index contributed by atoms with van der Waals surface area (Å²) in [6.45, 7) is 3.08. The van der Waals surface area contributed by atoms with E-state index in [1.807, 2.05) is 0 Å². The van der Waals surface area contributed by atoms with Gasteiger partial charge in [-0.1, -0.05) is 16.8 Å². The third-order valence-corrected chi connectivity index (χ3v) is 5.91. The number of hydrogen-bond donors (Lipinski definition) is 0. The Morgan fingerprint density at radius 3 is 2.59 bits per heavy atom. The second kappa shape index (κ2) is 8.32. The summed E-state index contributed by atoms with van der Waals surface area (Å²) in [5.41, 5.74) is 0.684. The van der Waals surface area contributed by atoms with Gasteiger partial charge < -0.3 is 18.7 Å². The second-order valence-corrected chi connectivity index (χ2v) is 8.19. The number of aromatic nitrogens is 3. The molecule has 0 N–H and O–H groups in total. The zero-order valence-electron chi connectivity index (χ0n) is 17.8. The van der Waals surface area contributed by atoms with Gasteiger partial charge in [0.05, 0.1) is 33.5 Å². The van der Waals surface area contributed by atoms with Gasteiger partial charge in [-0.2, -0.15) is 13.2 Å². The molecule has 0 aliphatic carbocycles. The van der Waals surface area contributed by atoms with E-state index in [0.717, 1.165) is 12.3 Å². The molecule has 12 heteroatoms. The van der Waals surface area contributed by atoms with Gasteiger partial charge in [0.1, 0.15) is 11.5 Å². The van der Waals surface area contributed by atoms with Crippen LogP contribution in [0.4, 0.5) is 19.0 Å². The number of fused-ring (bicyclic) bond motifs is 1. The molecule has 0 saturated carbocycles. The van der Waals surface area contributed by atoms with Crippen LogP contribution in [-0.2, 0) is 6.18 Å². The predicted molar refractivity (Wildman–Crippen MR) is 117 cm³/mol. The minimum Gasteiger partial charge on any atom is -0.463 e. The molecule has 8 nitrogen and oxygen atoms in total. The van der Waals surface area contributed by atoms with Gasteiger partial charge in [0.2, 0.25) is 0 Å². The number of nitrogens with zero attached hydrogens (tertiary/aromatic N) is 5. The van der Waals surface area contributed by atoms with Crippen molar-refractivity contribution >= 4 is 34.4 Å². The average Bonchev–Trinajstić information content (AvgIpc) is 3.48. The fourth-order valence-electron chi connectivity index (χ4n) is 3.92. The molecule has 1 aliphatic rings. The van der Waals surface area contributed by atoms with Gasteiger partial charge in [-0.15, -0.1) is 0 Å². The molecule has 1 fully saturated rings. The number of alkyl halides is 3. The summed E-state index contributed by atoms with van der Waals surface area (Å²) in [5, 5.41) is 4.38. The normalized spacial score (nSPS) is 14.7. The molecule has 0 unspecified atom stereocenters. The standard InChI is InChI=1S/C22H17ClF3N5O3/c1-12-18-14(10-16(17-3-2-8-33-17)28-20(18)34-29-12)21(32)31-6-4-30(5-7-31)19-15(23)9-13(11-27-19)22(24,25)26/h2-3,8-11H,4-7H2,1H3. The number of halogens is 4. The van der Waals surface area contributed by atoms with E-state index < -0.39 is 11.7 Å². The lowest BCUT2D eigenvalue weighted by molar-refractivity contribution is -0.137. The number of anilines is 1. The highest BCUT2D eigenvalue weighted by Crippen LogP contribution is 2.34. The maximum atomic E-state index is 13.5. The topological polar surface area (TPSA) is 88.5 Å². The van der Waals surface area contributed by atoms with E-state index >= 15 is 0 Å². The lowest BCUT2D eigenvalue weighted by atomic mass is 10.1. The summed E-state index contributed by atoms with van der Waals surface area (Å²) in [5.74, 6) is 0.499. The summed E-state index contributed by atoms with van der Waals surface area (Å²) in [6, 6.07) is 5.95. The minimum atomic E-state index is -4.52. The van der Waals surface area contributed by atoms with Crippen molar-refractivity contribution in [3.05, 3.63) is 58.6 Å². The van der Waals surface area contributed by atoms with Gasteiger partial charge in [0.25, 0.3) is 11.6 Å². The smallest absolute Gasteiger partial charge is 0.417 e. The lowest BCUT2D eigenvalue weighted by Gasteiger charge is -2.36. The van der Waals surface area contributed by atoms with Gasteiger partial charge >= 0.3 is 6.18 Å². The number of aryl methyl sites for hydroxylation is 1. The number of carbonyl (C=O) groups is 1. The van der Waals surface area contributed by atoms with E-state index in [2.05, 4.69) is 15.1 Å². The first kappa shape index (κ1) is 22.2. The number of piperazine rings is 1. The van der Waals surface area contributed by atoms with Crippen LogP contribution in [0.5, 0.6) is 0 Å². The average molecular weight is 492 g/mol. The van der Waals surface area contributed by atoms with Crippen LogP contribution in [0.1, 0.15) is 21.6 Å². The first-order valence-corrected chi connectivity index (χ1v) is 10.7. The van der Waals surface area contributed by atoms with Gasteiger partial charge in [0, 0.05) is 32.4 Å². The van der Waals surface area contributed by atoms with Crippen molar-refractivity contribution < 1.29 is 26.9 Å². The van der Waals surface area contributed by atoms with Gasteiger partial charge in [0.15, 0.2) is 5.76 Å². The first-order chi connectivity index (χ1) is 16.2. The second-order valence-electron chi connectivity index (χ2n) is 7.79. The third kappa shape index (κ3) is 3.96. The third-order valence-electron chi connectivity index (χ3n) is 5.64. The van der Waals surface area contributed by atoms with Crippen molar-refractivity contribution in [3.8, 4) is 11.5 Å². The number of hydrogen-bond acceptors (Lipinski definition) is 7. The van der Waals surface area contributed by atoms with Crippen LogP contribution in [0.3, 0.4) is 0 Å². The number of furan rings is 1. The Hall–Kier alpha value is -3.60. The molecule has 5 rings (SSSR count). The molecule has 5 heterocycles. The molecule has 1 saturated heterocycles. The molecule has 0 radical (unpaired) electrons. The Kier molecular flexibility index (Phi) is 5.43. The Bertz CT molecular complexity index is 1360. The van der Waals surface area contributed by atoms with E-state index in [1.165, 1.54) is 6.26 Å². The van der Waals surface area contributed by atoms with Crippen LogP contribution in [-0.4, -0.2) is 52.1 Å². The Labute approximate surface area is 195 Å². The van der Waals surface area contributed by atoms with Gasteiger partial charge in [-0.3, -0.25) is 4.79 Å². The van der Waals surface area contributed by atoms with Crippen molar-refractivity contribution in [1.29, 1.82) is 0 Å². The highest BCUT2D eigenvalue weighted by atomic mass is 35.5. The van der Waals surface area contributed by atoms with Crippen LogP contribution in [0.2, 0.25) is 5.02 Å². The predicted octanol–water partition coefficient (Wildman–Crippen LogP) is 4.82. The van der Waals surface area contributed by atoms with Crippen LogP contribution >= 0.6 is 11.6 Å². The molecule has 34 heavy (non-hydrogen) atoms. The molecule has 0 spiro atoms. The van der Waals surface area contributed by atoms with E-state index in [9.17, 15) is 18.0 Å². The van der Waals surface area contributed by atoms with E-state index in [1.54, 1.807) is 34.9 Å². The minimum absolute atomic E-state index is 0.0892. The van der Waals surface area contributed by atoms with Crippen LogP contribution in [0.15, 0.2) is 45.7 Å². The molecule has 0 bridgehead atoms. The van der Waals surface area contributed by atoms with E-state index in [-0.39, 0.29) is 22.5 Å². The lowest BCUT2D eigenvalue weighted by Crippen LogP contribution is -2.49. The van der Waals surface area contributed by atoms with Crippen LogP contribution < -0.4 is 4.90 Å². The maximum Gasteiger partial charge on any atom is 0.417 e. The molecular formula is C22H17ClF3N5O3. The highest BCUT2D eigenvalue weighted by Gasteiger charge is 2.33. The SMILES string of the molecule is Cc1noc2nc(-c3ccco3)cc(C(=O)N3CCN(c4ncc(C(F)(F)F)cc4Cl)CC3)c12. The quantitative estimate of drug-likeness (QED) is 0.406. The zero-order chi connectivity index (χ0) is 24.0. The molecule has 1 amide bonds. The largest absolute Gasteiger partial charge is 0.463 e. The molecule has 1 aliphatic heterocycles. The fraction of sp³-hybridized carbons (Fsp3) is 0.273. The summed E-state index contributed by atoms with van der Waals surface area (Å²) < 4.78 is 49.4. The van der Waals surface area contributed by atoms with Crippen molar-refractivity contribution in [3.63, 3.8) is 0 Å². The summed E-state index contributed by atoms with van der Waals surface area (Å²) in [7, 11) is 0. The number of rotatable bonds is 3. The molecular weight excluding hydrogens is 475 g/mol. The van der Waals surface area contributed by atoms with Gasteiger partial charge in [-0.05, 0) is 31.2 Å². The summed E-state index contributed by atoms with van der Waals surface area (Å²) in [6.07, 6.45) is -2.25. The Balaban J connectivity index is 1.38. The molecule has 0 atom stereocenters. The van der Waals surface area contributed by atoms with Gasteiger partial charge in [-0.25, -0.2) is 9.97 Å². The van der Waals surface area contributed by atoms with Crippen molar-refractivity contribution in [2.75, 3.05) is 31.1 Å². The van der Waals surface area contributed by atoms with Crippen molar-refractivity contribution in [2.24, 2.45) is 0 Å². The number of amides is 1. The Morgan fingerprint density at radius 1 is 1.18 bits per heavy atom. The van der Waals surface area contributed by atoms with Crippen molar-refractivity contribution in [1.82, 2.24) is 20.0 Å². The molecule has 4 aromatic heterocycles. The highest BCUT2D eigenvalue weighted by molar-refractivity contribution is 6.33. The first-order valence-electron chi connectivity index (χ1n) is 10.3. The summed E-state index contributed by atoms with van der Waals surface area (Å²) in [4.78, 5) is 25.2. The summed E-state index contributed by atoms with van der Waals surface area (Å²) >= 11 is 6.08. The maximum absolute atomic E-state index is 13.5. The van der Waals surface area contributed by atoms with E-state index in [4.69, 9.17) is 20.5 Å². The number of carbonyl (C=O) groups excluding carboxylic acids is 1. The molecule has 176 valence electrons. The number of pyridine rings is 2. The van der Waals surface area contributed by atoms with Crippen LogP contribution in [0.25, 0.3) is 22.6 Å². The molecule has 0 aromatic carbocycles. The van der Waals surface area contributed by atoms with E-state index in [0.29, 0.717) is 54.3 Å².